The molecule has 178 valence electrons. The molecule has 1 saturated heterocycles. The van der Waals surface area contributed by atoms with Gasteiger partial charge in [-0.05, 0) is 60.4 Å². The molecule has 1 aliphatic rings. The van der Waals surface area contributed by atoms with Crippen LogP contribution in [0.15, 0.2) is 70.8 Å². The largest absolute Gasteiger partial charge is 0.469 e. The van der Waals surface area contributed by atoms with E-state index in [1.807, 2.05) is 42.3 Å². The zero-order valence-corrected chi connectivity index (χ0v) is 20.5. The lowest BCUT2D eigenvalue weighted by atomic mass is 10.0. The van der Waals surface area contributed by atoms with E-state index in [2.05, 4.69) is 33.2 Å². The van der Waals surface area contributed by atoms with E-state index in [0.29, 0.717) is 19.3 Å². The van der Waals surface area contributed by atoms with Gasteiger partial charge in [-0.2, -0.15) is 0 Å². The topological polar surface area (TPSA) is 88.2 Å². The molecule has 1 amide bonds. The van der Waals surface area contributed by atoms with Gasteiger partial charge in [0, 0.05) is 48.1 Å². The molecule has 1 aromatic carbocycles. The van der Waals surface area contributed by atoms with E-state index < -0.39 is 0 Å². The summed E-state index contributed by atoms with van der Waals surface area (Å²) >= 11 is 1.62. The molecule has 1 N–H and O–H groups in total. The van der Waals surface area contributed by atoms with E-state index in [4.69, 9.17) is 4.74 Å². The van der Waals surface area contributed by atoms with Crippen LogP contribution < -0.4 is 0 Å². The number of hydrogen-bond donors (Lipinski definition) is 1. The van der Waals surface area contributed by atoms with Crippen LogP contribution in [-0.4, -0.2) is 45.9 Å². The number of esters is 1. The van der Waals surface area contributed by atoms with Gasteiger partial charge in [0.25, 0.3) is 0 Å². The number of amides is 1. The van der Waals surface area contributed by atoms with Gasteiger partial charge in [-0.3, -0.25) is 14.6 Å². The highest BCUT2D eigenvalue weighted by atomic mass is 32.2. The van der Waals surface area contributed by atoms with Gasteiger partial charge in [0.15, 0.2) is 0 Å². The van der Waals surface area contributed by atoms with Crippen molar-refractivity contribution >= 4 is 34.5 Å². The molecule has 0 aliphatic carbocycles. The molecule has 1 aliphatic heterocycles. The lowest BCUT2D eigenvalue weighted by Crippen LogP contribution is -2.22. The predicted molar refractivity (Wildman–Crippen MR) is 135 cm³/mol. The molecule has 1 unspecified atom stereocenters. The number of fused-ring (bicyclic) bond motifs is 1. The van der Waals surface area contributed by atoms with Crippen LogP contribution in [0.3, 0.4) is 0 Å². The number of likely N-dealkylation sites (tertiary alicyclic amines) is 1. The standard InChI is InChI=1S/C27H26N4O3S/c1-31-23(9-10-26(31)32)19-15-21-18(14-24(19)35-25-5-3-4-12-28-25)13-22(30-21)20-8-6-17(16-29-20)7-11-27(33)34-2/h3-6,8,12-16,23,30H,7,9-11H2,1-2H3. The number of benzene rings is 1. The number of carbonyl (C=O) groups is 2. The van der Waals surface area contributed by atoms with E-state index in [9.17, 15) is 9.59 Å². The van der Waals surface area contributed by atoms with Crippen LogP contribution in [0, 0.1) is 0 Å². The Morgan fingerprint density at radius 2 is 2.09 bits per heavy atom. The van der Waals surface area contributed by atoms with Crippen molar-refractivity contribution in [2.45, 2.75) is 41.6 Å². The maximum absolute atomic E-state index is 12.3. The van der Waals surface area contributed by atoms with Crippen LogP contribution in [0.25, 0.3) is 22.3 Å². The fourth-order valence-corrected chi connectivity index (χ4v) is 5.42. The first-order valence-corrected chi connectivity index (χ1v) is 12.4. The Bertz CT molecular complexity index is 1370. The molecule has 0 bridgehead atoms. The number of hydrogen-bond acceptors (Lipinski definition) is 6. The van der Waals surface area contributed by atoms with Gasteiger partial charge in [0.2, 0.25) is 5.91 Å². The van der Waals surface area contributed by atoms with Crippen molar-refractivity contribution < 1.29 is 14.3 Å². The number of aryl methyl sites for hydroxylation is 1. The number of H-pyrrole nitrogens is 1. The number of nitrogens with one attached hydrogen (secondary N) is 1. The van der Waals surface area contributed by atoms with Gasteiger partial charge in [-0.25, -0.2) is 4.98 Å². The predicted octanol–water partition coefficient (Wildman–Crippen LogP) is 5.18. The number of aromatic amines is 1. The third-order valence-electron chi connectivity index (χ3n) is 6.40. The second-order valence-electron chi connectivity index (χ2n) is 8.62. The summed E-state index contributed by atoms with van der Waals surface area (Å²) in [5.74, 6) is -0.0537. The molecule has 0 radical (unpaired) electrons. The first-order valence-electron chi connectivity index (χ1n) is 11.5. The lowest BCUT2D eigenvalue weighted by molar-refractivity contribution is -0.140. The van der Waals surface area contributed by atoms with E-state index in [1.54, 1.807) is 24.2 Å². The molecular formula is C27H26N4O3S. The Labute approximate surface area is 207 Å². The quantitative estimate of drug-likeness (QED) is 0.362. The molecule has 5 rings (SSSR count). The van der Waals surface area contributed by atoms with Crippen LogP contribution in [0.4, 0.5) is 0 Å². The van der Waals surface area contributed by atoms with Crippen LogP contribution in [0.2, 0.25) is 0 Å². The lowest BCUT2D eigenvalue weighted by Gasteiger charge is -2.23. The summed E-state index contributed by atoms with van der Waals surface area (Å²) in [6.45, 7) is 0. The minimum absolute atomic E-state index is 0.0390. The number of methoxy groups -OCH3 is 1. The zero-order valence-electron chi connectivity index (χ0n) is 19.7. The van der Waals surface area contributed by atoms with E-state index >= 15 is 0 Å². The maximum atomic E-state index is 12.3. The zero-order chi connectivity index (χ0) is 24.4. The van der Waals surface area contributed by atoms with Crippen LogP contribution in [-0.2, 0) is 20.7 Å². The average molecular weight is 487 g/mol. The third-order valence-corrected chi connectivity index (χ3v) is 7.43. The van der Waals surface area contributed by atoms with Crippen molar-refractivity contribution in [1.82, 2.24) is 19.9 Å². The SMILES string of the molecule is COC(=O)CCc1ccc(-c2cc3cc(Sc4ccccn4)c(C4CCC(=O)N4C)cc3[nH]2)nc1. The second-order valence-corrected chi connectivity index (χ2v) is 9.68. The van der Waals surface area contributed by atoms with Gasteiger partial charge in [0.1, 0.15) is 5.03 Å². The molecule has 8 heteroatoms. The normalized spacial score (nSPS) is 15.7. The molecule has 1 atom stereocenters. The summed E-state index contributed by atoms with van der Waals surface area (Å²) in [5, 5.41) is 1.99. The highest BCUT2D eigenvalue weighted by Crippen LogP contribution is 2.41. The molecule has 7 nitrogen and oxygen atoms in total. The molecule has 0 saturated carbocycles. The van der Waals surface area contributed by atoms with Gasteiger partial charge in [-0.15, -0.1) is 0 Å². The number of pyridine rings is 2. The summed E-state index contributed by atoms with van der Waals surface area (Å²) in [7, 11) is 3.28. The van der Waals surface area contributed by atoms with E-state index in [1.165, 1.54) is 7.11 Å². The molecule has 3 aromatic heterocycles. The van der Waals surface area contributed by atoms with Crippen molar-refractivity contribution in [3.8, 4) is 11.4 Å². The Hall–Kier alpha value is -3.65. The number of rotatable bonds is 7. The monoisotopic (exact) mass is 486 g/mol. The van der Waals surface area contributed by atoms with Crippen molar-refractivity contribution in [2.75, 3.05) is 14.2 Å². The van der Waals surface area contributed by atoms with Crippen molar-refractivity contribution in [3.63, 3.8) is 0 Å². The number of ether oxygens (including phenoxy) is 1. The van der Waals surface area contributed by atoms with E-state index in [-0.39, 0.29) is 17.9 Å². The van der Waals surface area contributed by atoms with Crippen molar-refractivity contribution in [1.29, 1.82) is 0 Å². The van der Waals surface area contributed by atoms with Gasteiger partial charge >= 0.3 is 5.97 Å². The molecule has 35 heavy (non-hydrogen) atoms. The molecule has 1 fully saturated rings. The Morgan fingerprint density at radius 1 is 1.20 bits per heavy atom. The highest BCUT2D eigenvalue weighted by molar-refractivity contribution is 7.99. The number of aromatic nitrogens is 3. The first kappa shape index (κ1) is 23.1. The number of nitrogens with zero attached hydrogens (tertiary/aromatic N) is 3. The minimum Gasteiger partial charge on any atom is -0.469 e. The molecule has 0 spiro atoms. The van der Waals surface area contributed by atoms with E-state index in [0.717, 1.165) is 49.8 Å². The highest BCUT2D eigenvalue weighted by Gasteiger charge is 2.31. The van der Waals surface area contributed by atoms with Gasteiger partial charge < -0.3 is 14.6 Å². The average Bonchev–Trinajstić information content (AvgIpc) is 3.45. The van der Waals surface area contributed by atoms with Crippen molar-refractivity contribution in [3.05, 3.63) is 72.1 Å². The fourth-order valence-electron chi connectivity index (χ4n) is 4.43. The smallest absolute Gasteiger partial charge is 0.305 e. The summed E-state index contributed by atoms with van der Waals surface area (Å²) in [6, 6.07) is 16.3. The Morgan fingerprint density at radius 3 is 2.77 bits per heavy atom. The molecule has 4 aromatic rings. The summed E-state index contributed by atoms with van der Waals surface area (Å²) in [4.78, 5) is 39.2. The van der Waals surface area contributed by atoms with Crippen LogP contribution in [0.1, 0.15) is 36.4 Å². The maximum Gasteiger partial charge on any atom is 0.305 e. The van der Waals surface area contributed by atoms with Crippen molar-refractivity contribution in [2.24, 2.45) is 0 Å². The Kier molecular flexibility index (Phi) is 6.55. The second kappa shape index (κ2) is 9.92. The van der Waals surface area contributed by atoms with Crippen LogP contribution >= 0.6 is 11.8 Å². The minimum atomic E-state index is -0.227. The summed E-state index contributed by atoms with van der Waals surface area (Å²) in [5.41, 5.74) is 4.87. The Balaban J connectivity index is 1.48. The van der Waals surface area contributed by atoms with Gasteiger partial charge in [-0.1, -0.05) is 23.9 Å². The molecular weight excluding hydrogens is 460 g/mol. The van der Waals surface area contributed by atoms with Gasteiger partial charge in [0.05, 0.1) is 24.5 Å². The fraction of sp³-hybridized carbons (Fsp3) is 0.259. The van der Waals surface area contributed by atoms with Crippen LogP contribution in [0.5, 0.6) is 0 Å². The first-order chi connectivity index (χ1) is 17.0. The number of carbonyl (C=O) groups excluding carboxylic acids is 2. The third kappa shape index (κ3) is 4.93. The summed E-state index contributed by atoms with van der Waals surface area (Å²) < 4.78 is 4.71. The molecule has 4 heterocycles. The summed E-state index contributed by atoms with van der Waals surface area (Å²) in [6.07, 6.45) is 5.89.